The fourth-order valence-electron chi connectivity index (χ4n) is 4.24. The Kier molecular flexibility index (Phi) is 21.9. The van der Waals surface area contributed by atoms with E-state index in [-0.39, 0.29) is 12.8 Å². The molecule has 0 radical (unpaired) electrons. The van der Waals surface area contributed by atoms with Gasteiger partial charge in [0.05, 0.1) is 25.0 Å². The number of unbranched alkanes of at least 4 members (excludes halogenated alkanes) is 12. The van der Waals surface area contributed by atoms with Crippen LogP contribution in [0.2, 0.25) is 0 Å². The second-order valence-electron chi connectivity index (χ2n) is 9.91. The molecule has 0 aliphatic heterocycles. The summed E-state index contributed by atoms with van der Waals surface area (Å²) in [5.74, 6) is -6.95. The van der Waals surface area contributed by atoms with Gasteiger partial charge in [0.1, 0.15) is 0 Å². The van der Waals surface area contributed by atoms with Gasteiger partial charge < -0.3 is 29.9 Å². The van der Waals surface area contributed by atoms with E-state index in [4.69, 9.17) is 19.7 Å². The van der Waals surface area contributed by atoms with Gasteiger partial charge in [0.15, 0.2) is 12.2 Å². The first-order valence-electron chi connectivity index (χ1n) is 14.3. The molecule has 4 unspecified atom stereocenters. The van der Waals surface area contributed by atoms with Crippen LogP contribution in [0.3, 0.4) is 0 Å². The van der Waals surface area contributed by atoms with Crippen LogP contribution in [0.4, 0.5) is 0 Å². The Bertz CT molecular complexity index is 666. The maximum Gasteiger partial charge on any atom is 0.345 e. The van der Waals surface area contributed by atoms with Gasteiger partial charge in [-0.1, -0.05) is 104 Å². The van der Waals surface area contributed by atoms with E-state index in [1.807, 2.05) is 0 Å². The van der Waals surface area contributed by atoms with Crippen LogP contribution in [-0.2, 0) is 28.7 Å². The van der Waals surface area contributed by atoms with Crippen LogP contribution < -0.4 is 0 Å². The fourth-order valence-corrected chi connectivity index (χ4v) is 4.24. The maximum absolute atomic E-state index is 13.0. The Balaban J connectivity index is 5.51. The van der Waals surface area contributed by atoms with Crippen molar-refractivity contribution in [1.29, 1.82) is 0 Å². The van der Waals surface area contributed by atoms with Crippen molar-refractivity contribution in [1.82, 2.24) is 0 Å². The monoisotopic (exact) mass is 546 g/mol. The molecule has 0 spiro atoms. The SMILES string of the molecule is CCCCCCCCCCC(C(=O)OC(=O)C(O)CO)C(CCCCCCCC)C(=O)OC(=O)C(O)CO. The molecule has 0 aliphatic rings. The minimum Gasteiger partial charge on any atom is -0.393 e. The third-order valence-electron chi connectivity index (χ3n) is 6.62. The minimum atomic E-state index is -1.90. The predicted molar refractivity (Wildman–Crippen MR) is 141 cm³/mol. The number of hydrogen-bond donors (Lipinski definition) is 4. The molecule has 38 heavy (non-hydrogen) atoms. The van der Waals surface area contributed by atoms with Gasteiger partial charge in [-0.2, -0.15) is 0 Å². The summed E-state index contributed by atoms with van der Waals surface area (Å²) in [6.07, 6.45) is 10.1. The molecular weight excluding hydrogens is 496 g/mol. The molecule has 0 aromatic rings. The first-order valence-corrected chi connectivity index (χ1v) is 14.3. The highest BCUT2D eigenvalue weighted by Gasteiger charge is 2.38. The van der Waals surface area contributed by atoms with Gasteiger partial charge >= 0.3 is 23.9 Å². The molecule has 0 aromatic carbocycles. The van der Waals surface area contributed by atoms with E-state index in [0.717, 1.165) is 64.2 Å². The zero-order valence-corrected chi connectivity index (χ0v) is 23.3. The van der Waals surface area contributed by atoms with E-state index in [1.165, 1.54) is 12.8 Å². The molecule has 0 amide bonds. The second-order valence-corrected chi connectivity index (χ2v) is 9.91. The Hall–Kier alpha value is -1.88. The number of aliphatic hydroxyl groups is 4. The molecule has 0 fully saturated rings. The van der Waals surface area contributed by atoms with Crippen molar-refractivity contribution in [3.63, 3.8) is 0 Å². The second kappa shape index (κ2) is 23.0. The maximum atomic E-state index is 13.0. The van der Waals surface area contributed by atoms with Gasteiger partial charge in [-0.05, 0) is 12.8 Å². The zero-order valence-electron chi connectivity index (χ0n) is 23.3. The number of esters is 4. The molecular formula is C28H50O10. The molecule has 222 valence electrons. The Morgan fingerprint density at radius 1 is 0.500 bits per heavy atom. The zero-order chi connectivity index (χ0) is 28.8. The predicted octanol–water partition coefficient (Wildman–Crippen LogP) is 3.35. The summed E-state index contributed by atoms with van der Waals surface area (Å²) in [5, 5.41) is 37.0. The summed E-state index contributed by atoms with van der Waals surface area (Å²) in [5.41, 5.74) is 0. The topological polar surface area (TPSA) is 168 Å². The van der Waals surface area contributed by atoms with Crippen molar-refractivity contribution in [2.75, 3.05) is 13.2 Å². The van der Waals surface area contributed by atoms with Crippen LogP contribution in [-0.4, -0.2) is 69.7 Å². The normalized spacial score (nSPS) is 14.4. The highest BCUT2D eigenvalue weighted by molar-refractivity contribution is 5.94. The smallest absolute Gasteiger partial charge is 0.345 e. The van der Waals surface area contributed by atoms with Gasteiger partial charge in [0, 0.05) is 0 Å². The number of rotatable bonds is 23. The van der Waals surface area contributed by atoms with Crippen molar-refractivity contribution in [2.45, 2.75) is 129 Å². The molecule has 0 heterocycles. The molecule has 4 atom stereocenters. The molecule has 0 saturated heterocycles. The van der Waals surface area contributed by atoms with Crippen LogP contribution >= 0.6 is 0 Å². The van der Waals surface area contributed by atoms with Crippen molar-refractivity contribution in [3.05, 3.63) is 0 Å². The number of hydrogen-bond acceptors (Lipinski definition) is 10. The van der Waals surface area contributed by atoms with Crippen LogP contribution in [0.15, 0.2) is 0 Å². The fraction of sp³-hybridized carbons (Fsp3) is 0.857. The molecule has 0 rings (SSSR count). The summed E-state index contributed by atoms with van der Waals surface area (Å²) in [6.45, 7) is 2.39. The van der Waals surface area contributed by atoms with Gasteiger partial charge in [0.25, 0.3) is 0 Å². The van der Waals surface area contributed by atoms with E-state index in [9.17, 15) is 29.4 Å². The van der Waals surface area contributed by atoms with E-state index >= 15 is 0 Å². The lowest BCUT2D eigenvalue weighted by Gasteiger charge is -2.24. The van der Waals surface area contributed by atoms with Crippen LogP contribution in [0, 0.1) is 11.8 Å². The lowest BCUT2D eigenvalue weighted by Crippen LogP contribution is -2.38. The lowest BCUT2D eigenvalue weighted by molar-refractivity contribution is -0.178. The standard InChI is InChI=1S/C28H50O10/c1-3-5-7-9-11-12-14-16-18-22(26(34)38-28(36)24(32)20-30)21(17-15-13-10-8-6-4-2)25(33)37-27(35)23(31)19-29/h21-24,29-32H,3-20H2,1-2H3. The third kappa shape index (κ3) is 16.2. The summed E-state index contributed by atoms with van der Waals surface area (Å²) in [4.78, 5) is 49.9. The first kappa shape index (κ1) is 36.1. The molecule has 4 N–H and O–H groups in total. The molecule has 0 aromatic heterocycles. The van der Waals surface area contributed by atoms with Crippen LogP contribution in [0.5, 0.6) is 0 Å². The van der Waals surface area contributed by atoms with Gasteiger partial charge in [0.2, 0.25) is 0 Å². The van der Waals surface area contributed by atoms with Crippen molar-refractivity contribution < 1.29 is 49.1 Å². The Labute approximate surface area is 227 Å². The molecule has 0 aliphatic carbocycles. The van der Waals surface area contributed by atoms with E-state index in [2.05, 4.69) is 13.8 Å². The van der Waals surface area contributed by atoms with Crippen molar-refractivity contribution >= 4 is 23.9 Å². The minimum absolute atomic E-state index is 0.195. The number of aliphatic hydroxyl groups excluding tert-OH is 4. The van der Waals surface area contributed by atoms with E-state index < -0.39 is 61.1 Å². The van der Waals surface area contributed by atoms with Crippen molar-refractivity contribution in [3.8, 4) is 0 Å². The Morgan fingerprint density at radius 3 is 1.08 bits per heavy atom. The number of carbonyl (C=O) groups is 4. The molecule has 10 heteroatoms. The van der Waals surface area contributed by atoms with Gasteiger partial charge in [-0.25, -0.2) is 9.59 Å². The number of ether oxygens (including phenoxy) is 2. The lowest BCUT2D eigenvalue weighted by atomic mass is 9.83. The van der Waals surface area contributed by atoms with E-state index in [0.29, 0.717) is 12.8 Å². The van der Waals surface area contributed by atoms with Crippen LogP contribution in [0.1, 0.15) is 117 Å². The van der Waals surface area contributed by atoms with E-state index in [1.54, 1.807) is 0 Å². The molecule has 10 nitrogen and oxygen atoms in total. The highest BCUT2D eigenvalue weighted by atomic mass is 16.6. The summed E-state index contributed by atoms with van der Waals surface area (Å²) in [6, 6.07) is 0. The first-order chi connectivity index (χ1) is 18.2. The average molecular weight is 547 g/mol. The third-order valence-corrected chi connectivity index (χ3v) is 6.62. The summed E-state index contributed by atoms with van der Waals surface area (Å²) < 4.78 is 9.56. The molecule has 0 saturated carbocycles. The quantitative estimate of drug-likeness (QED) is 0.0847. The largest absolute Gasteiger partial charge is 0.393 e. The Morgan fingerprint density at radius 2 is 0.789 bits per heavy atom. The average Bonchev–Trinajstić information content (AvgIpc) is 2.91. The van der Waals surface area contributed by atoms with Gasteiger partial charge in [-0.3, -0.25) is 9.59 Å². The van der Waals surface area contributed by atoms with Crippen LogP contribution in [0.25, 0.3) is 0 Å². The number of carbonyl (C=O) groups excluding carboxylic acids is 4. The summed E-state index contributed by atoms with van der Waals surface area (Å²) in [7, 11) is 0. The van der Waals surface area contributed by atoms with Gasteiger partial charge in [-0.15, -0.1) is 0 Å². The highest BCUT2D eigenvalue weighted by Crippen LogP contribution is 2.28. The van der Waals surface area contributed by atoms with Crippen molar-refractivity contribution in [2.24, 2.45) is 11.8 Å². The molecule has 0 bridgehead atoms. The summed E-state index contributed by atoms with van der Waals surface area (Å²) >= 11 is 0.